The molecule has 0 aliphatic rings. The number of rotatable bonds is 4. The molecular weight excluding hydrogens is 251 g/mol. The molecule has 18 heavy (non-hydrogen) atoms. The molecule has 0 saturated carbocycles. The Morgan fingerprint density at radius 2 is 2.00 bits per heavy atom. The maximum atomic E-state index is 13.0. The standard InChI is InChI=1S/C14H14ClFN2/c1-10(12-4-6-17-7-5-12)18-9-11-2-3-14(16)13(15)8-11/h2-8,10,18H,9H2,1H3/t10-/m1/s1. The van der Waals surface area contributed by atoms with Gasteiger partial charge in [-0.15, -0.1) is 0 Å². The minimum absolute atomic E-state index is 0.158. The Bertz CT molecular complexity index is 516. The zero-order valence-corrected chi connectivity index (χ0v) is 10.8. The van der Waals surface area contributed by atoms with Crippen molar-refractivity contribution in [2.24, 2.45) is 0 Å². The SMILES string of the molecule is C[C@@H](NCc1ccc(F)c(Cl)c1)c1ccncc1. The maximum Gasteiger partial charge on any atom is 0.141 e. The van der Waals surface area contributed by atoms with Crippen molar-refractivity contribution in [2.45, 2.75) is 19.5 Å². The van der Waals surface area contributed by atoms with Crippen LogP contribution in [0.5, 0.6) is 0 Å². The summed E-state index contributed by atoms with van der Waals surface area (Å²) in [4.78, 5) is 3.98. The smallest absolute Gasteiger partial charge is 0.141 e. The molecule has 0 aliphatic heterocycles. The predicted molar refractivity (Wildman–Crippen MR) is 70.9 cm³/mol. The molecule has 1 heterocycles. The van der Waals surface area contributed by atoms with Crippen molar-refractivity contribution < 1.29 is 4.39 Å². The third kappa shape index (κ3) is 3.28. The van der Waals surface area contributed by atoms with E-state index in [0.29, 0.717) is 6.54 Å². The minimum atomic E-state index is -0.386. The van der Waals surface area contributed by atoms with E-state index in [0.717, 1.165) is 5.56 Å². The number of hydrogen-bond acceptors (Lipinski definition) is 2. The van der Waals surface area contributed by atoms with Crippen molar-refractivity contribution in [1.29, 1.82) is 0 Å². The Hall–Kier alpha value is -1.45. The largest absolute Gasteiger partial charge is 0.306 e. The van der Waals surface area contributed by atoms with Gasteiger partial charge >= 0.3 is 0 Å². The van der Waals surface area contributed by atoms with Gasteiger partial charge in [0.25, 0.3) is 0 Å². The second-order valence-corrected chi connectivity index (χ2v) is 4.54. The monoisotopic (exact) mass is 264 g/mol. The number of halogens is 2. The highest BCUT2D eigenvalue weighted by molar-refractivity contribution is 6.30. The molecule has 1 aromatic carbocycles. The van der Waals surface area contributed by atoms with E-state index in [4.69, 9.17) is 11.6 Å². The summed E-state index contributed by atoms with van der Waals surface area (Å²) in [6, 6.07) is 8.90. The van der Waals surface area contributed by atoms with Crippen LogP contribution in [-0.2, 0) is 6.54 Å². The number of benzene rings is 1. The Morgan fingerprint density at radius 1 is 1.28 bits per heavy atom. The summed E-state index contributed by atoms with van der Waals surface area (Å²) >= 11 is 5.74. The van der Waals surface area contributed by atoms with Crippen LogP contribution in [0, 0.1) is 5.82 Å². The molecule has 0 radical (unpaired) electrons. The molecule has 94 valence electrons. The Morgan fingerprint density at radius 3 is 2.67 bits per heavy atom. The molecule has 0 spiro atoms. The molecule has 0 bridgehead atoms. The molecule has 0 fully saturated rings. The molecule has 1 atom stereocenters. The zero-order valence-electron chi connectivity index (χ0n) is 10.0. The van der Waals surface area contributed by atoms with Crippen LogP contribution in [0.3, 0.4) is 0 Å². The predicted octanol–water partition coefficient (Wildman–Crippen LogP) is 3.72. The number of pyridine rings is 1. The van der Waals surface area contributed by atoms with Crippen LogP contribution in [0.25, 0.3) is 0 Å². The van der Waals surface area contributed by atoms with Gasteiger partial charge in [-0.25, -0.2) is 4.39 Å². The molecule has 1 N–H and O–H groups in total. The zero-order chi connectivity index (χ0) is 13.0. The van der Waals surface area contributed by atoms with Gasteiger partial charge < -0.3 is 5.32 Å². The number of nitrogens with one attached hydrogen (secondary N) is 1. The van der Waals surface area contributed by atoms with E-state index in [1.54, 1.807) is 24.5 Å². The van der Waals surface area contributed by atoms with Crippen molar-refractivity contribution in [3.63, 3.8) is 0 Å². The molecule has 0 amide bonds. The van der Waals surface area contributed by atoms with Gasteiger partial charge in [-0.05, 0) is 42.3 Å². The van der Waals surface area contributed by atoms with Gasteiger partial charge in [0.05, 0.1) is 5.02 Å². The fourth-order valence-corrected chi connectivity index (χ4v) is 1.89. The van der Waals surface area contributed by atoms with Gasteiger partial charge in [-0.2, -0.15) is 0 Å². The van der Waals surface area contributed by atoms with Crippen LogP contribution < -0.4 is 5.32 Å². The van der Waals surface area contributed by atoms with Crippen LogP contribution in [0.15, 0.2) is 42.7 Å². The Labute approximate surface area is 111 Å². The van der Waals surface area contributed by atoms with Gasteiger partial charge in [-0.1, -0.05) is 17.7 Å². The number of nitrogens with zero attached hydrogens (tertiary/aromatic N) is 1. The van der Waals surface area contributed by atoms with Crippen LogP contribution in [0.1, 0.15) is 24.1 Å². The van der Waals surface area contributed by atoms with E-state index in [1.807, 2.05) is 12.1 Å². The summed E-state index contributed by atoms with van der Waals surface area (Å²) in [6.07, 6.45) is 3.53. The fraction of sp³-hybridized carbons (Fsp3) is 0.214. The van der Waals surface area contributed by atoms with Crippen molar-refractivity contribution in [3.8, 4) is 0 Å². The summed E-state index contributed by atoms with van der Waals surface area (Å²) in [6.45, 7) is 2.71. The summed E-state index contributed by atoms with van der Waals surface area (Å²) < 4.78 is 13.0. The number of aromatic nitrogens is 1. The molecule has 2 rings (SSSR count). The highest BCUT2D eigenvalue weighted by Gasteiger charge is 2.05. The van der Waals surface area contributed by atoms with Crippen LogP contribution in [0.2, 0.25) is 5.02 Å². The molecular formula is C14H14ClFN2. The van der Waals surface area contributed by atoms with Crippen LogP contribution >= 0.6 is 11.6 Å². The van der Waals surface area contributed by atoms with E-state index < -0.39 is 0 Å². The lowest BCUT2D eigenvalue weighted by atomic mass is 10.1. The maximum absolute atomic E-state index is 13.0. The molecule has 1 aromatic heterocycles. The van der Waals surface area contributed by atoms with Gasteiger partial charge in [0.1, 0.15) is 5.82 Å². The van der Waals surface area contributed by atoms with E-state index >= 15 is 0 Å². The van der Waals surface area contributed by atoms with Gasteiger partial charge in [0, 0.05) is 25.0 Å². The highest BCUT2D eigenvalue weighted by Crippen LogP contribution is 2.17. The summed E-state index contributed by atoms with van der Waals surface area (Å²) in [5.41, 5.74) is 2.13. The Balaban J connectivity index is 1.97. The van der Waals surface area contributed by atoms with Crippen molar-refractivity contribution in [3.05, 3.63) is 64.7 Å². The first-order chi connectivity index (χ1) is 8.66. The van der Waals surface area contributed by atoms with Gasteiger partial charge in [-0.3, -0.25) is 4.98 Å². The lowest BCUT2D eigenvalue weighted by molar-refractivity contribution is 0.572. The van der Waals surface area contributed by atoms with E-state index in [2.05, 4.69) is 17.2 Å². The molecule has 2 aromatic rings. The average Bonchev–Trinajstić information content (AvgIpc) is 2.41. The number of hydrogen-bond donors (Lipinski definition) is 1. The Kier molecular flexibility index (Phi) is 4.28. The molecule has 0 aliphatic carbocycles. The van der Waals surface area contributed by atoms with Crippen molar-refractivity contribution in [2.75, 3.05) is 0 Å². The summed E-state index contributed by atoms with van der Waals surface area (Å²) in [5.74, 6) is -0.386. The lowest BCUT2D eigenvalue weighted by Crippen LogP contribution is -2.18. The fourth-order valence-electron chi connectivity index (χ4n) is 1.69. The van der Waals surface area contributed by atoms with Crippen LogP contribution in [0.4, 0.5) is 4.39 Å². The van der Waals surface area contributed by atoms with Crippen molar-refractivity contribution >= 4 is 11.6 Å². The summed E-state index contributed by atoms with van der Waals surface area (Å²) in [7, 11) is 0. The van der Waals surface area contributed by atoms with Gasteiger partial charge in [0.2, 0.25) is 0 Å². The average molecular weight is 265 g/mol. The topological polar surface area (TPSA) is 24.9 Å². The first-order valence-corrected chi connectivity index (χ1v) is 6.12. The lowest BCUT2D eigenvalue weighted by Gasteiger charge is -2.14. The second kappa shape index (κ2) is 5.94. The molecule has 4 heteroatoms. The minimum Gasteiger partial charge on any atom is -0.306 e. The van der Waals surface area contributed by atoms with E-state index in [-0.39, 0.29) is 16.9 Å². The third-order valence-electron chi connectivity index (χ3n) is 2.80. The normalized spacial score (nSPS) is 12.4. The van der Waals surface area contributed by atoms with Gasteiger partial charge in [0.15, 0.2) is 0 Å². The first kappa shape index (κ1) is 13.0. The summed E-state index contributed by atoms with van der Waals surface area (Å²) in [5, 5.41) is 3.51. The van der Waals surface area contributed by atoms with E-state index in [1.165, 1.54) is 11.6 Å². The molecule has 0 unspecified atom stereocenters. The van der Waals surface area contributed by atoms with Crippen LogP contribution in [-0.4, -0.2) is 4.98 Å². The first-order valence-electron chi connectivity index (χ1n) is 5.74. The quantitative estimate of drug-likeness (QED) is 0.910. The highest BCUT2D eigenvalue weighted by atomic mass is 35.5. The third-order valence-corrected chi connectivity index (χ3v) is 3.09. The van der Waals surface area contributed by atoms with E-state index in [9.17, 15) is 4.39 Å². The molecule has 0 saturated heterocycles. The second-order valence-electron chi connectivity index (χ2n) is 4.13. The molecule has 2 nitrogen and oxygen atoms in total. The van der Waals surface area contributed by atoms with Crippen molar-refractivity contribution in [1.82, 2.24) is 10.3 Å².